The van der Waals surface area contributed by atoms with Crippen LogP contribution in [-0.2, 0) is 20.7 Å². The van der Waals surface area contributed by atoms with Crippen LogP contribution in [0.4, 0.5) is 4.39 Å². The molecule has 0 bridgehead atoms. The van der Waals surface area contributed by atoms with E-state index in [4.69, 9.17) is 9.84 Å². The Morgan fingerprint density at radius 1 is 0.972 bits per heavy atom. The van der Waals surface area contributed by atoms with Crippen molar-refractivity contribution in [3.63, 3.8) is 0 Å². The number of benzene rings is 3. The Morgan fingerprint density at radius 3 is 2.39 bits per heavy atom. The van der Waals surface area contributed by atoms with Crippen LogP contribution in [0.25, 0.3) is 6.08 Å². The van der Waals surface area contributed by atoms with Gasteiger partial charge in [0.1, 0.15) is 5.82 Å². The van der Waals surface area contributed by atoms with Crippen LogP contribution < -0.4 is 0 Å². The predicted molar refractivity (Wildman–Crippen MR) is 136 cm³/mol. The number of halogens is 1. The highest BCUT2D eigenvalue weighted by Crippen LogP contribution is 2.44. The van der Waals surface area contributed by atoms with Crippen LogP contribution in [0.3, 0.4) is 0 Å². The van der Waals surface area contributed by atoms with E-state index in [2.05, 4.69) is 18.2 Å². The lowest BCUT2D eigenvalue weighted by Crippen LogP contribution is -2.34. The molecular formula is C30H27FN2O3. The van der Waals surface area contributed by atoms with Crippen molar-refractivity contribution in [1.29, 1.82) is 0 Å². The molecule has 1 heterocycles. The smallest absolute Gasteiger partial charge is 0.310 e. The van der Waals surface area contributed by atoms with Crippen LogP contribution >= 0.6 is 0 Å². The van der Waals surface area contributed by atoms with Crippen LogP contribution in [0.5, 0.6) is 0 Å². The first-order chi connectivity index (χ1) is 17.6. The molecule has 0 saturated heterocycles. The summed E-state index contributed by atoms with van der Waals surface area (Å²) in [6.45, 7) is -0.398. The number of ether oxygens (including phenoxy) is 1. The number of amides is 1. The zero-order chi connectivity index (χ0) is 24.9. The number of rotatable bonds is 6. The highest BCUT2D eigenvalue weighted by Gasteiger charge is 2.43. The Labute approximate surface area is 209 Å². The van der Waals surface area contributed by atoms with E-state index >= 15 is 0 Å². The Kier molecular flexibility index (Phi) is 7.03. The van der Waals surface area contributed by atoms with Crippen molar-refractivity contribution in [1.82, 2.24) is 5.01 Å². The minimum Gasteiger partial charge on any atom is -0.455 e. The zero-order valence-corrected chi connectivity index (χ0v) is 19.8. The monoisotopic (exact) mass is 482 g/mol. The summed E-state index contributed by atoms with van der Waals surface area (Å²) < 4.78 is 18.4. The summed E-state index contributed by atoms with van der Waals surface area (Å²) in [5.74, 6) is -1.20. The molecule has 5 nitrogen and oxygen atoms in total. The van der Waals surface area contributed by atoms with Gasteiger partial charge in [-0.1, -0.05) is 72.8 Å². The van der Waals surface area contributed by atoms with Gasteiger partial charge in [0, 0.05) is 5.92 Å². The molecule has 36 heavy (non-hydrogen) atoms. The summed E-state index contributed by atoms with van der Waals surface area (Å²) >= 11 is 0. The fourth-order valence-electron chi connectivity index (χ4n) is 4.97. The second kappa shape index (κ2) is 10.7. The molecule has 1 saturated carbocycles. The van der Waals surface area contributed by atoms with Crippen molar-refractivity contribution in [2.45, 2.75) is 31.7 Å². The number of allylic oxidation sites excluding steroid dienone is 1. The van der Waals surface area contributed by atoms with Gasteiger partial charge < -0.3 is 4.74 Å². The van der Waals surface area contributed by atoms with Crippen LogP contribution in [0.15, 0.2) is 95.6 Å². The first-order valence-corrected chi connectivity index (χ1v) is 12.2. The Hall–Kier alpha value is -4.06. The molecule has 2 unspecified atom stereocenters. The van der Waals surface area contributed by atoms with Crippen molar-refractivity contribution < 1.29 is 18.7 Å². The van der Waals surface area contributed by atoms with Crippen molar-refractivity contribution in [3.8, 4) is 0 Å². The molecular weight excluding hydrogens is 455 g/mol. The number of carbonyl (C=O) groups is 2. The van der Waals surface area contributed by atoms with Crippen LogP contribution in [-0.4, -0.2) is 29.2 Å². The van der Waals surface area contributed by atoms with Crippen molar-refractivity contribution >= 4 is 23.7 Å². The third-order valence-corrected chi connectivity index (χ3v) is 6.66. The molecule has 0 aromatic heterocycles. The molecule has 2 aliphatic rings. The molecule has 1 amide bonds. The molecule has 1 aliphatic heterocycles. The van der Waals surface area contributed by atoms with Gasteiger partial charge >= 0.3 is 5.97 Å². The van der Waals surface area contributed by atoms with Gasteiger partial charge in [-0.3, -0.25) is 9.59 Å². The van der Waals surface area contributed by atoms with E-state index in [1.54, 1.807) is 0 Å². The minimum atomic E-state index is -0.542. The number of hydrogen-bond donors (Lipinski definition) is 0. The minimum absolute atomic E-state index is 0.0310. The predicted octanol–water partition coefficient (Wildman–Crippen LogP) is 5.73. The van der Waals surface area contributed by atoms with Crippen LogP contribution in [0, 0.1) is 11.7 Å². The van der Waals surface area contributed by atoms with E-state index in [0.29, 0.717) is 5.56 Å². The SMILES string of the molecule is O=C(Cc1ccc(F)cc1)OCC(=O)N1N=C2/C(=C/c3ccccc3)CCCC2C1c1ccccc1. The second-order valence-electron chi connectivity index (χ2n) is 9.12. The standard InChI is InChI=1S/C30H27FN2O3/c31-25-16-14-22(15-17-25)19-28(35)36-20-27(34)33-30(23-10-5-2-6-11-23)26-13-7-12-24(29(26)32-33)18-21-8-3-1-4-9-21/h1-6,8-11,14-18,26,30H,7,12-13,19-20H2/b24-18+. The maximum Gasteiger partial charge on any atom is 0.310 e. The van der Waals surface area contributed by atoms with Gasteiger partial charge in [0.05, 0.1) is 18.2 Å². The van der Waals surface area contributed by atoms with Gasteiger partial charge in [-0.05, 0) is 59.7 Å². The number of carbonyl (C=O) groups excluding carboxylic acids is 2. The number of hydrogen-bond acceptors (Lipinski definition) is 4. The Morgan fingerprint density at radius 2 is 1.67 bits per heavy atom. The molecule has 3 aromatic rings. The van der Waals surface area contributed by atoms with E-state index in [-0.39, 0.29) is 30.1 Å². The summed E-state index contributed by atoms with van der Waals surface area (Å²) in [6.07, 6.45) is 4.97. The summed E-state index contributed by atoms with van der Waals surface area (Å²) in [5, 5.41) is 6.32. The average Bonchev–Trinajstić information content (AvgIpc) is 3.31. The van der Waals surface area contributed by atoms with Gasteiger partial charge in [0.25, 0.3) is 5.91 Å². The van der Waals surface area contributed by atoms with Gasteiger partial charge in [-0.25, -0.2) is 9.40 Å². The Bertz CT molecular complexity index is 1290. The normalized spacial score (nSPS) is 20.1. The third-order valence-electron chi connectivity index (χ3n) is 6.66. The molecule has 0 N–H and O–H groups in total. The van der Waals surface area contributed by atoms with Crippen LogP contribution in [0.2, 0.25) is 0 Å². The van der Waals surface area contributed by atoms with E-state index in [1.807, 2.05) is 48.5 Å². The van der Waals surface area contributed by atoms with E-state index < -0.39 is 12.6 Å². The van der Waals surface area contributed by atoms with E-state index in [9.17, 15) is 14.0 Å². The molecule has 0 spiro atoms. The molecule has 5 rings (SSSR count). The number of nitrogens with zero attached hydrogens (tertiary/aromatic N) is 2. The average molecular weight is 483 g/mol. The molecule has 6 heteroatoms. The van der Waals surface area contributed by atoms with Crippen molar-refractivity contribution in [2.75, 3.05) is 6.61 Å². The molecule has 182 valence electrons. The Balaban J connectivity index is 1.36. The largest absolute Gasteiger partial charge is 0.455 e. The van der Waals surface area contributed by atoms with E-state index in [1.165, 1.54) is 29.3 Å². The highest BCUT2D eigenvalue weighted by molar-refractivity contribution is 6.08. The molecule has 1 aliphatic carbocycles. The van der Waals surface area contributed by atoms with Gasteiger partial charge in [0.15, 0.2) is 6.61 Å². The maximum atomic E-state index is 13.3. The first-order valence-electron chi connectivity index (χ1n) is 12.2. The summed E-state index contributed by atoms with van der Waals surface area (Å²) in [5.41, 5.74) is 4.81. The number of esters is 1. The lowest BCUT2D eigenvalue weighted by atomic mass is 9.77. The van der Waals surface area contributed by atoms with Crippen LogP contribution in [0.1, 0.15) is 42.0 Å². The zero-order valence-electron chi connectivity index (χ0n) is 19.8. The molecule has 3 aromatic carbocycles. The van der Waals surface area contributed by atoms with Crippen molar-refractivity contribution in [2.24, 2.45) is 11.0 Å². The highest BCUT2D eigenvalue weighted by atomic mass is 19.1. The quantitative estimate of drug-likeness (QED) is 0.422. The van der Waals surface area contributed by atoms with Gasteiger partial charge in [0.2, 0.25) is 0 Å². The molecule has 1 fully saturated rings. The molecule has 2 atom stereocenters. The van der Waals surface area contributed by atoms with Gasteiger partial charge in [-0.2, -0.15) is 5.10 Å². The lowest BCUT2D eigenvalue weighted by Gasteiger charge is -2.29. The second-order valence-corrected chi connectivity index (χ2v) is 9.12. The fraction of sp³-hybridized carbons (Fsp3) is 0.233. The summed E-state index contributed by atoms with van der Waals surface area (Å²) in [7, 11) is 0. The topological polar surface area (TPSA) is 59.0 Å². The maximum absolute atomic E-state index is 13.3. The first kappa shape index (κ1) is 23.7. The third kappa shape index (κ3) is 5.28. The fourth-order valence-corrected chi connectivity index (χ4v) is 4.97. The van der Waals surface area contributed by atoms with Crippen molar-refractivity contribution in [3.05, 3.63) is 113 Å². The molecule has 0 radical (unpaired) electrons. The number of hydrazone groups is 1. The van der Waals surface area contributed by atoms with E-state index in [0.717, 1.165) is 41.7 Å². The summed E-state index contributed by atoms with van der Waals surface area (Å²) in [4.78, 5) is 25.7. The summed E-state index contributed by atoms with van der Waals surface area (Å²) in [6, 6.07) is 25.4. The van der Waals surface area contributed by atoms with Gasteiger partial charge in [-0.15, -0.1) is 0 Å². The lowest BCUT2D eigenvalue weighted by molar-refractivity contribution is -0.152. The number of fused-ring (bicyclic) bond motifs is 1.